The van der Waals surface area contributed by atoms with Crippen molar-refractivity contribution in [2.24, 2.45) is 0 Å². The van der Waals surface area contributed by atoms with Gasteiger partial charge in [0.05, 0.1) is 16.2 Å². The van der Waals surface area contributed by atoms with Crippen LogP contribution < -0.4 is 0 Å². The van der Waals surface area contributed by atoms with Crippen molar-refractivity contribution in [1.29, 1.82) is 0 Å². The molecule has 0 unspecified atom stereocenters. The number of aromatic nitrogens is 2. The van der Waals surface area contributed by atoms with Crippen LogP contribution in [0.25, 0.3) is 0 Å². The minimum absolute atomic E-state index is 0.0343. The zero-order valence-corrected chi connectivity index (χ0v) is 18.4. The number of amides is 1. The molecule has 1 aromatic heterocycles. The van der Waals surface area contributed by atoms with E-state index in [0.29, 0.717) is 30.0 Å². The largest absolute Gasteiger partial charge is 0.339 e. The topological polar surface area (TPSA) is 83.5 Å². The quantitative estimate of drug-likeness (QED) is 0.721. The molecule has 2 saturated heterocycles. The first-order valence-electron chi connectivity index (χ1n) is 10.7. The van der Waals surface area contributed by atoms with Crippen molar-refractivity contribution in [1.82, 2.24) is 19.2 Å². The third-order valence-electron chi connectivity index (χ3n) is 6.07. The zero-order valence-electron chi connectivity index (χ0n) is 17.6. The average molecular weight is 447 g/mol. The van der Waals surface area contributed by atoms with Crippen LogP contribution in [0.3, 0.4) is 0 Å². The van der Waals surface area contributed by atoms with Gasteiger partial charge in [0, 0.05) is 38.3 Å². The normalized spacial score (nSPS) is 20.6. The summed E-state index contributed by atoms with van der Waals surface area (Å²) in [7, 11) is -3.72. The summed E-state index contributed by atoms with van der Waals surface area (Å²) in [4.78, 5) is 23.8. The second-order valence-corrected chi connectivity index (χ2v) is 10.2. The monoisotopic (exact) mass is 446 g/mol. The summed E-state index contributed by atoms with van der Waals surface area (Å²) < 4.78 is 40.6. The highest BCUT2D eigenvalue weighted by atomic mass is 32.2. The van der Waals surface area contributed by atoms with Crippen molar-refractivity contribution in [3.8, 4) is 0 Å². The van der Waals surface area contributed by atoms with E-state index in [2.05, 4.69) is 9.97 Å². The maximum Gasteiger partial charge on any atom is 0.257 e. The van der Waals surface area contributed by atoms with Gasteiger partial charge in [-0.15, -0.1) is 0 Å². The maximum atomic E-state index is 13.2. The summed E-state index contributed by atoms with van der Waals surface area (Å²) in [5.74, 6) is -0.0973. The first-order chi connectivity index (χ1) is 14.9. The Labute approximate surface area is 182 Å². The van der Waals surface area contributed by atoms with Crippen LogP contribution in [0.5, 0.6) is 0 Å². The maximum absolute atomic E-state index is 13.2. The minimum Gasteiger partial charge on any atom is -0.339 e. The number of likely N-dealkylation sites (tertiary alicyclic amines) is 1. The number of sulfonamides is 1. The van der Waals surface area contributed by atoms with E-state index in [9.17, 15) is 17.6 Å². The van der Waals surface area contributed by atoms with Crippen LogP contribution in [0.1, 0.15) is 59.9 Å². The molecule has 2 fully saturated rings. The highest BCUT2D eigenvalue weighted by molar-refractivity contribution is 7.89. The van der Waals surface area contributed by atoms with E-state index in [1.165, 1.54) is 16.4 Å². The Bertz CT molecular complexity index is 1050. The molecule has 2 aliphatic rings. The molecule has 0 N–H and O–H groups in total. The average Bonchev–Trinajstić information content (AvgIpc) is 2.79. The van der Waals surface area contributed by atoms with Crippen LogP contribution in [0.2, 0.25) is 0 Å². The summed E-state index contributed by atoms with van der Waals surface area (Å²) in [6.45, 7) is 4.00. The van der Waals surface area contributed by atoms with E-state index in [0.717, 1.165) is 50.9 Å². The molecule has 3 heterocycles. The third-order valence-corrected chi connectivity index (χ3v) is 7.95. The molecular weight excluding hydrogens is 419 g/mol. The lowest BCUT2D eigenvalue weighted by Gasteiger charge is -2.31. The molecule has 2 aliphatic heterocycles. The minimum atomic E-state index is -3.72. The lowest BCUT2D eigenvalue weighted by Crippen LogP contribution is -2.39. The molecule has 0 saturated carbocycles. The predicted octanol–water partition coefficient (Wildman–Crippen LogP) is 3.12. The Hall–Kier alpha value is -2.39. The van der Waals surface area contributed by atoms with Crippen LogP contribution in [0.15, 0.2) is 35.4 Å². The summed E-state index contributed by atoms with van der Waals surface area (Å²) in [6, 6.07) is 4.88. The van der Waals surface area contributed by atoms with Gasteiger partial charge in [-0.25, -0.2) is 22.8 Å². The van der Waals surface area contributed by atoms with Crippen molar-refractivity contribution in [3.63, 3.8) is 0 Å². The van der Waals surface area contributed by atoms with E-state index < -0.39 is 15.8 Å². The number of nitrogens with zero attached hydrogens (tertiary/aromatic N) is 4. The van der Waals surface area contributed by atoms with Gasteiger partial charge in [0.25, 0.3) is 5.91 Å². The standard InChI is InChI=1S/C22H27FN4O3S/c1-16-20(22(28)26-11-3-2-4-12-26)14-24-21(25-16)17-6-5-13-27(15-17)31(29,30)19-9-7-18(23)8-10-19/h7-10,14,17H,2-6,11-13,15H2,1H3/t17-/m1/s1. The number of carbonyl (C=O) groups excluding carboxylic acids is 1. The zero-order chi connectivity index (χ0) is 22.0. The second kappa shape index (κ2) is 9.00. The SMILES string of the molecule is Cc1nc([C@@H]2CCCN(S(=O)(=O)c3ccc(F)cc3)C2)ncc1C(=O)N1CCCCC1. The number of hydrogen-bond donors (Lipinski definition) is 0. The number of hydrogen-bond acceptors (Lipinski definition) is 5. The Morgan fingerprint density at radius 1 is 1.06 bits per heavy atom. The van der Waals surface area contributed by atoms with Crippen LogP contribution in [-0.2, 0) is 10.0 Å². The number of carbonyl (C=O) groups is 1. The van der Waals surface area contributed by atoms with Gasteiger partial charge in [-0.2, -0.15) is 4.31 Å². The van der Waals surface area contributed by atoms with Gasteiger partial charge in [-0.1, -0.05) is 0 Å². The Morgan fingerprint density at radius 2 is 1.77 bits per heavy atom. The van der Waals surface area contributed by atoms with Gasteiger partial charge in [-0.05, 0) is 63.3 Å². The van der Waals surface area contributed by atoms with Crippen LogP contribution in [-0.4, -0.2) is 59.7 Å². The fourth-order valence-electron chi connectivity index (χ4n) is 4.29. The Balaban J connectivity index is 1.51. The van der Waals surface area contributed by atoms with Crippen LogP contribution in [0, 0.1) is 12.7 Å². The lowest BCUT2D eigenvalue weighted by atomic mass is 9.98. The van der Waals surface area contributed by atoms with Crippen LogP contribution >= 0.6 is 0 Å². The summed E-state index contributed by atoms with van der Waals surface area (Å²) in [6.07, 6.45) is 6.23. The van der Waals surface area contributed by atoms with E-state index >= 15 is 0 Å². The molecule has 166 valence electrons. The number of rotatable bonds is 4. The summed E-state index contributed by atoms with van der Waals surface area (Å²) in [5.41, 5.74) is 1.14. The first-order valence-corrected chi connectivity index (χ1v) is 12.2. The molecule has 0 spiro atoms. The predicted molar refractivity (Wildman–Crippen MR) is 114 cm³/mol. The Kier molecular flexibility index (Phi) is 6.34. The van der Waals surface area contributed by atoms with Crippen molar-refractivity contribution >= 4 is 15.9 Å². The van der Waals surface area contributed by atoms with Gasteiger partial charge >= 0.3 is 0 Å². The number of halogens is 1. The van der Waals surface area contributed by atoms with Crippen LogP contribution in [0.4, 0.5) is 4.39 Å². The molecule has 0 radical (unpaired) electrons. The molecule has 1 amide bonds. The number of benzene rings is 1. The van der Waals surface area contributed by atoms with Crippen molar-refractivity contribution in [3.05, 3.63) is 53.4 Å². The van der Waals surface area contributed by atoms with E-state index in [-0.39, 0.29) is 23.3 Å². The summed E-state index contributed by atoms with van der Waals surface area (Å²) in [5, 5.41) is 0. The lowest BCUT2D eigenvalue weighted by molar-refractivity contribution is 0.0722. The van der Waals surface area contributed by atoms with Gasteiger partial charge in [0.2, 0.25) is 10.0 Å². The van der Waals surface area contributed by atoms with Gasteiger partial charge < -0.3 is 4.90 Å². The van der Waals surface area contributed by atoms with Crippen molar-refractivity contribution in [2.75, 3.05) is 26.2 Å². The molecule has 9 heteroatoms. The third kappa shape index (κ3) is 4.62. The smallest absolute Gasteiger partial charge is 0.257 e. The van der Waals surface area contributed by atoms with E-state index in [4.69, 9.17) is 0 Å². The fourth-order valence-corrected chi connectivity index (χ4v) is 5.81. The number of aryl methyl sites for hydroxylation is 1. The summed E-state index contributed by atoms with van der Waals surface area (Å²) >= 11 is 0. The molecule has 7 nitrogen and oxygen atoms in total. The van der Waals surface area contributed by atoms with Crippen molar-refractivity contribution in [2.45, 2.75) is 49.8 Å². The van der Waals surface area contributed by atoms with Gasteiger partial charge in [0.15, 0.2) is 0 Å². The van der Waals surface area contributed by atoms with E-state index in [1.807, 2.05) is 4.90 Å². The second-order valence-electron chi connectivity index (χ2n) is 8.24. The fraction of sp³-hybridized carbons (Fsp3) is 0.500. The molecular formula is C22H27FN4O3S. The Morgan fingerprint density at radius 3 is 2.45 bits per heavy atom. The molecule has 1 atom stereocenters. The molecule has 0 bridgehead atoms. The molecule has 0 aliphatic carbocycles. The van der Waals surface area contributed by atoms with Gasteiger partial charge in [0.1, 0.15) is 11.6 Å². The number of piperidine rings is 2. The van der Waals surface area contributed by atoms with E-state index in [1.54, 1.807) is 13.1 Å². The molecule has 2 aromatic rings. The van der Waals surface area contributed by atoms with Crippen molar-refractivity contribution < 1.29 is 17.6 Å². The highest BCUT2D eigenvalue weighted by Crippen LogP contribution is 2.29. The van der Waals surface area contributed by atoms with Gasteiger partial charge in [-0.3, -0.25) is 4.79 Å². The molecule has 31 heavy (non-hydrogen) atoms. The highest BCUT2D eigenvalue weighted by Gasteiger charge is 2.32. The first kappa shape index (κ1) is 21.8. The molecule has 1 aromatic carbocycles. The molecule has 4 rings (SSSR count).